The number of hydrogen-bond acceptors (Lipinski definition) is 7. The molecule has 6 nitrogen and oxygen atoms in total. The average molecular weight is 465 g/mol. The summed E-state index contributed by atoms with van der Waals surface area (Å²) in [6.07, 6.45) is 2.04. The molecule has 2 aliphatic rings. The fourth-order valence-electron chi connectivity index (χ4n) is 5.71. The summed E-state index contributed by atoms with van der Waals surface area (Å²) < 4.78 is 5.06. The number of carbonyl (C=O) groups excluding carboxylic acids is 1. The smallest absolute Gasteiger partial charge is 0.220 e. The second kappa shape index (κ2) is 8.90. The van der Waals surface area contributed by atoms with Crippen LogP contribution in [0.4, 0.5) is 0 Å². The van der Waals surface area contributed by atoms with Gasteiger partial charge < -0.3 is 20.3 Å². The zero-order valence-corrected chi connectivity index (χ0v) is 20.0. The predicted molar refractivity (Wildman–Crippen MR) is 123 cm³/mol. The van der Waals surface area contributed by atoms with E-state index in [0.29, 0.717) is 26.0 Å². The SMILES string of the molecule is COCCNC(=O)CC1c2nc(-c3ccsc3)sc2CC2C(C)(CO)C(O)CCC12C. The Balaban J connectivity index is 1.74. The summed E-state index contributed by atoms with van der Waals surface area (Å²) in [7, 11) is 1.62. The van der Waals surface area contributed by atoms with Gasteiger partial charge in [0.15, 0.2) is 0 Å². The summed E-state index contributed by atoms with van der Waals surface area (Å²) in [6.45, 7) is 5.14. The fourth-order valence-corrected chi connectivity index (χ4v) is 7.59. The number of aromatic nitrogens is 1. The van der Waals surface area contributed by atoms with E-state index in [1.54, 1.807) is 29.8 Å². The van der Waals surface area contributed by atoms with Gasteiger partial charge in [-0.15, -0.1) is 11.3 Å². The van der Waals surface area contributed by atoms with Crippen molar-refractivity contribution < 1.29 is 19.7 Å². The molecule has 2 heterocycles. The molecule has 0 spiro atoms. The van der Waals surface area contributed by atoms with Crippen molar-refractivity contribution in [2.24, 2.45) is 16.7 Å². The Morgan fingerprint density at radius 1 is 1.42 bits per heavy atom. The number of hydrogen-bond donors (Lipinski definition) is 3. The number of nitrogens with one attached hydrogen (secondary N) is 1. The van der Waals surface area contributed by atoms with E-state index < -0.39 is 11.5 Å². The lowest BCUT2D eigenvalue weighted by molar-refractivity contribution is -0.144. The molecular weight excluding hydrogens is 432 g/mol. The van der Waals surface area contributed by atoms with Gasteiger partial charge >= 0.3 is 0 Å². The van der Waals surface area contributed by atoms with Crippen LogP contribution >= 0.6 is 22.7 Å². The highest BCUT2D eigenvalue weighted by atomic mass is 32.1. The van der Waals surface area contributed by atoms with Crippen LogP contribution in [0.25, 0.3) is 10.6 Å². The van der Waals surface area contributed by atoms with Crippen LogP contribution in [0.15, 0.2) is 16.8 Å². The molecule has 4 rings (SSSR count). The molecule has 0 bridgehead atoms. The number of amides is 1. The molecule has 5 unspecified atom stereocenters. The van der Waals surface area contributed by atoms with Gasteiger partial charge in [0.1, 0.15) is 5.01 Å². The highest BCUT2D eigenvalue weighted by Crippen LogP contribution is 2.62. The van der Waals surface area contributed by atoms with E-state index in [9.17, 15) is 15.0 Å². The number of thiazole rings is 1. The van der Waals surface area contributed by atoms with Gasteiger partial charge in [0.25, 0.3) is 0 Å². The van der Waals surface area contributed by atoms with E-state index >= 15 is 0 Å². The van der Waals surface area contributed by atoms with E-state index in [1.807, 2.05) is 6.92 Å². The first kappa shape index (κ1) is 22.9. The van der Waals surface area contributed by atoms with Crippen molar-refractivity contribution in [3.05, 3.63) is 27.4 Å². The summed E-state index contributed by atoms with van der Waals surface area (Å²) in [4.78, 5) is 19.1. The lowest BCUT2D eigenvalue weighted by Crippen LogP contribution is -2.57. The number of ether oxygens (including phenoxy) is 1. The summed E-state index contributed by atoms with van der Waals surface area (Å²) in [5.74, 6) is 0.0244. The van der Waals surface area contributed by atoms with Crippen molar-refractivity contribution in [1.82, 2.24) is 10.3 Å². The normalized spacial score (nSPS) is 32.4. The van der Waals surface area contributed by atoms with E-state index in [0.717, 1.165) is 29.1 Å². The van der Waals surface area contributed by atoms with E-state index in [1.165, 1.54) is 4.88 Å². The molecule has 2 aromatic rings. The number of aliphatic hydroxyl groups is 2. The van der Waals surface area contributed by atoms with Gasteiger partial charge in [-0.1, -0.05) is 13.8 Å². The fraction of sp³-hybridized carbons (Fsp3) is 0.652. The summed E-state index contributed by atoms with van der Waals surface area (Å²) in [6, 6.07) is 2.08. The largest absolute Gasteiger partial charge is 0.396 e. The van der Waals surface area contributed by atoms with Crippen LogP contribution in [0.1, 0.15) is 49.6 Å². The Morgan fingerprint density at radius 3 is 2.90 bits per heavy atom. The van der Waals surface area contributed by atoms with Gasteiger partial charge in [0, 0.05) is 47.2 Å². The zero-order chi connectivity index (χ0) is 22.2. The van der Waals surface area contributed by atoms with E-state index in [2.05, 4.69) is 29.1 Å². The Morgan fingerprint density at radius 2 is 2.23 bits per heavy atom. The Labute approximate surface area is 191 Å². The minimum atomic E-state index is -0.595. The number of methoxy groups -OCH3 is 1. The molecule has 0 aromatic carbocycles. The van der Waals surface area contributed by atoms with Crippen LogP contribution in [-0.2, 0) is 16.0 Å². The summed E-state index contributed by atoms with van der Waals surface area (Å²) >= 11 is 3.34. The molecule has 0 radical (unpaired) electrons. The third-order valence-corrected chi connectivity index (χ3v) is 9.51. The number of fused-ring (bicyclic) bond motifs is 2. The van der Waals surface area contributed by atoms with Crippen molar-refractivity contribution in [1.29, 1.82) is 0 Å². The number of carbonyl (C=O) groups is 1. The molecule has 1 amide bonds. The summed E-state index contributed by atoms with van der Waals surface area (Å²) in [5.41, 5.74) is 1.33. The number of nitrogens with zero attached hydrogens (tertiary/aromatic N) is 1. The Bertz CT molecular complexity index is 915. The number of aliphatic hydroxyl groups excluding tert-OH is 2. The van der Waals surface area contributed by atoms with Crippen LogP contribution in [-0.4, -0.2) is 54.1 Å². The average Bonchev–Trinajstić information content (AvgIpc) is 3.42. The van der Waals surface area contributed by atoms with Crippen LogP contribution < -0.4 is 5.32 Å². The van der Waals surface area contributed by atoms with E-state index in [4.69, 9.17) is 9.72 Å². The molecule has 1 saturated carbocycles. The van der Waals surface area contributed by atoms with Gasteiger partial charge in [-0.2, -0.15) is 11.3 Å². The first-order valence-electron chi connectivity index (χ1n) is 10.9. The number of rotatable bonds is 7. The maximum Gasteiger partial charge on any atom is 0.220 e. The number of thiophene rings is 1. The predicted octanol–water partition coefficient (Wildman–Crippen LogP) is 3.44. The molecule has 170 valence electrons. The maximum atomic E-state index is 12.9. The minimum absolute atomic E-state index is 0.00298. The van der Waals surface area contributed by atoms with Crippen LogP contribution in [0.3, 0.4) is 0 Å². The van der Waals surface area contributed by atoms with Crippen LogP contribution in [0.2, 0.25) is 0 Å². The maximum absolute atomic E-state index is 12.9. The second-order valence-electron chi connectivity index (χ2n) is 9.42. The molecule has 5 atom stereocenters. The molecule has 2 aromatic heterocycles. The molecule has 0 aliphatic heterocycles. The first-order chi connectivity index (χ1) is 14.8. The van der Waals surface area contributed by atoms with Crippen molar-refractivity contribution in [2.45, 2.75) is 51.6 Å². The molecule has 1 fully saturated rings. The van der Waals surface area contributed by atoms with Crippen molar-refractivity contribution in [3.8, 4) is 10.6 Å². The zero-order valence-electron chi connectivity index (χ0n) is 18.4. The highest BCUT2D eigenvalue weighted by Gasteiger charge is 2.59. The topological polar surface area (TPSA) is 91.7 Å². The minimum Gasteiger partial charge on any atom is -0.396 e. The van der Waals surface area contributed by atoms with Crippen LogP contribution in [0.5, 0.6) is 0 Å². The third kappa shape index (κ3) is 3.97. The van der Waals surface area contributed by atoms with Crippen molar-refractivity contribution >= 4 is 28.6 Å². The first-order valence-corrected chi connectivity index (χ1v) is 12.7. The van der Waals surface area contributed by atoms with Gasteiger partial charge in [0.2, 0.25) is 5.91 Å². The second-order valence-corrected chi connectivity index (χ2v) is 11.3. The molecule has 31 heavy (non-hydrogen) atoms. The molecule has 0 saturated heterocycles. The standard InChI is InChI=1S/C23H32N2O4S2/c1-22-6-4-18(27)23(2,13-26)17(22)11-16-20(15(22)10-19(28)24-7-8-29-3)25-21(31-16)14-5-9-30-12-14/h5,9,12,15,17-18,26-27H,4,6-8,10-11,13H2,1-3H3,(H,24,28). The monoisotopic (exact) mass is 464 g/mol. The molecule has 8 heteroatoms. The van der Waals surface area contributed by atoms with Crippen molar-refractivity contribution in [2.75, 3.05) is 26.9 Å². The lowest BCUT2D eigenvalue weighted by Gasteiger charge is -2.58. The molecule has 2 aliphatic carbocycles. The molecule has 3 N–H and O–H groups in total. The van der Waals surface area contributed by atoms with Gasteiger partial charge in [-0.05, 0) is 42.0 Å². The summed E-state index contributed by atoms with van der Waals surface area (Å²) in [5, 5.41) is 29.3. The van der Waals surface area contributed by atoms with Gasteiger partial charge in [-0.3, -0.25) is 4.79 Å². The van der Waals surface area contributed by atoms with Gasteiger partial charge in [0.05, 0.1) is 25.0 Å². The lowest BCUT2D eigenvalue weighted by atomic mass is 9.47. The Kier molecular flexibility index (Phi) is 6.57. The highest BCUT2D eigenvalue weighted by molar-refractivity contribution is 7.15. The Hall–Kier alpha value is -1.32. The van der Waals surface area contributed by atoms with Crippen molar-refractivity contribution in [3.63, 3.8) is 0 Å². The quantitative estimate of drug-likeness (QED) is 0.546. The van der Waals surface area contributed by atoms with Gasteiger partial charge in [-0.25, -0.2) is 4.98 Å². The van der Waals surface area contributed by atoms with Crippen LogP contribution in [0, 0.1) is 16.7 Å². The van der Waals surface area contributed by atoms with E-state index in [-0.39, 0.29) is 29.8 Å². The third-order valence-electron chi connectivity index (χ3n) is 7.68. The molecular formula is C23H32N2O4S2.